The average Bonchev–Trinajstić information content (AvgIpc) is 2.70. The first kappa shape index (κ1) is 14.0. The first-order valence-corrected chi connectivity index (χ1v) is 6.93. The van der Waals surface area contributed by atoms with E-state index < -0.39 is 0 Å². The summed E-state index contributed by atoms with van der Waals surface area (Å²) in [4.78, 5) is 3.10. The van der Waals surface area contributed by atoms with Crippen molar-refractivity contribution in [2.24, 2.45) is 0 Å². The Bertz CT molecular complexity index is 625. The van der Waals surface area contributed by atoms with Crippen molar-refractivity contribution in [2.45, 2.75) is 39.7 Å². The first-order chi connectivity index (χ1) is 8.99. The van der Waals surface area contributed by atoms with Gasteiger partial charge in [-0.1, -0.05) is 19.9 Å². The monoisotopic (exact) mass is 278 g/mol. The van der Waals surface area contributed by atoms with Gasteiger partial charge >= 0.3 is 0 Å². The van der Waals surface area contributed by atoms with Crippen LogP contribution < -0.4 is 0 Å². The number of nitrogens with one attached hydrogen (secondary N) is 1. The molecular weight excluding hydrogens is 259 g/mol. The number of hydrogen-bond acceptors (Lipinski definition) is 1. The van der Waals surface area contributed by atoms with Gasteiger partial charge in [-0.05, 0) is 54.7 Å². The molecule has 2 nitrogen and oxygen atoms in total. The van der Waals surface area contributed by atoms with E-state index in [1.807, 2.05) is 19.2 Å². The Balaban J connectivity index is 2.19. The molecule has 0 aliphatic rings. The first-order valence-electron chi connectivity index (χ1n) is 6.52. The molecule has 1 aromatic carbocycles. The maximum absolute atomic E-state index is 13.1. The lowest BCUT2D eigenvalue weighted by Gasteiger charge is -2.12. The van der Waals surface area contributed by atoms with Crippen LogP contribution in [-0.2, 0) is 13.0 Å². The predicted octanol–water partition coefficient (Wildman–Crippen LogP) is 4.36. The highest BCUT2D eigenvalue weighted by molar-refractivity contribution is 7.71. The smallest absolute Gasteiger partial charge is 0.177 e. The van der Waals surface area contributed by atoms with Crippen LogP contribution in [0.1, 0.15) is 36.6 Å². The molecule has 0 fully saturated rings. The van der Waals surface area contributed by atoms with Crippen LogP contribution >= 0.6 is 12.2 Å². The van der Waals surface area contributed by atoms with E-state index in [0.29, 0.717) is 5.92 Å². The maximum Gasteiger partial charge on any atom is 0.177 e. The number of rotatable bonds is 4. The van der Waals surface area contributed by atoms with Gasteiger partial charge in [-0.15, -0.1) is 0 Å². The molecule has 0 aliphatic carbocycles. The molecule has 1 heterocycles. The third-order valence-electron chi connectivity index (χ3n) is 3.40. The number of nitrogens with zero attached hydrogens (tertiary/aromatic N) is 1. The van der Waals surface area contributed by atoms with Gasteiger partial charge in [-0.25, -0.2) is 4.39 Å². The van der Waals surface area contributed by atoms with Gasteiger partial charge in [0.25, 0.3) is 0 Å². The summed E-state index contributed by atoms with van der Waals surface area (Å²) in [5.41, 5.74) is 3.37. The third kappa shape index (κ3) is 3.13. The summed E-state index contributed by atoms with van der Waals surface area (Å²) in [5.74, 6) is 0.254. The molecular formula is C15H19FN2S. The van der Waals surface area contributed by atoms with Crippen molar-refractivity contribution in [1.29, 1.82) is 0 Å². The fourth-order valence-electron chi connectivity index (χ4n) is 2.29. The van der Waals surface area contributed by atoms with E-state index in [2.05, 4.69) is 23.4 Å². The zero-order valence-electron chi connectivity index (χ0n) is 11.5. The summed E-state index contributed by atoms with van der Waals surface area (Å²) in [6.45, 7) is 7.07. The number of imidazole rings is 1. The maximum atomic E-state index is 13.1. The largest absolute Gasteiger partial charge is 0.337 e. The van der Waals surface area contributed by atoms with Crippen molar-refractivity contribution >= 4 is 12.2 Å². The summed E-state index contributed by atoms with van der Waals surface area (Å²) in [5, 5.41) is 0. The molecule has 0 amide bonds. The molecule has 0 unspecified atom stereocenters. The fraction of sp³-hybridized carbons (Fsp3) is 0.400. The Kier molecular flexibility index (Phi) is 4.20. The lowest BCUT2D eigenvalue weighted by atomic mass is 10.1. The van der Waals surface area contributed by atoms with Crippen molar-refractivity contribution in [3.05, 3.63) is 51.8 Å². The van der Waals surface area contributed by atoms with Crippen LogP contribution in [0.25, 0.3) is 0 Å². The van der Waals surface area contributed by atoms with Crippen LogP contribution in [0.4, 0.5) is 4.39 Å². The topological polar surface area (TPSA) is 20.7 Å². The molecule has 2 aromatic rings. The van der Waals surface area contributed by atoms with Crippen LogP contribution in [0, 0.1) is 17.5 Å². The van der Waals surface area contributed by atoms with Crippen molar-refractivity contribution < 1.29 is 4.39 Å². The summed E-state index contributed by atoms with van der Waals surface area (Å²) in [6, 6.07) is 4.95. The van der Waals surface area contributed by atoms with Crippen molar-refractivity contribution in [1.82, 2.24) is 9.55 Å². The lowest BCUT2D eigenvalue weighted by molar-refractivity contribution is 0.615. The molecule has 0 radical (unpaired) electrons. The molecule has 2 rings (SSSR count). The van der Waals surface area contributed by atoms with Crippen LogP contribution in [0.15, 0.2) is 24.4 Å². The second-order valence-corrected chi connectivity index (χ2v) is 5.53. The number of hydrogen-bond donors (Lipinski definition) is 1. The number of H-pyrrole nitrogens is 1. The minimum Gasteiger partial charge on any atom is -0.337 e. The molecule has 19 heavy (non-hydrogen) atoms. The van der Waals surface area contributed by atoms with Gasteiger partial charge in [0.05, 0.1) is 0 Å². The van der Waals surface area contributed by atoms with E-state index >= 15 is 0 Å². The molecule has 0 atom stereocenters. The minimum absolute atomic E-state index is 0.178. The SMILES string of the molecule is Cc1cc(F)ccc1CCn1c(C(C)C)c[nH]c1=S. The predicted molar refractivity (Wildman–Crippen MR) is 78.5 cm³/mol. The number of aryl methyl sites for hydroxylation is 2. The Morgan fingerprint density at radius 3 is 2.74 bits per heavy atom. The number of aromatic amines is 1. The average molecular weight is 278 g/mol. The van der Waals surface area contributed by atoms with Crippen LogP contribution in [0.5, 0.6) is 0 Å². The van der Waals surface area contributed by atoms with Crippen molar-refractivity contribution in [2.75, 3.05) is 0 Å². The van der Waals surface area contributed by atoms with E-state index in [9.17, 15) is 4.39 Å². The van der Waals surface area contributed by atoms with Gasteiger partial charge in [0.15, 0.2) is 4.77 Å². The summed E-state index contributed by atoms with van der Waals surface area (Å²) in [7, 11) is 0. The quantitative estimate of drug-likeness (QED) is 0.824. The summed E-state index contributed by atoms with van der Waals surface area (Å²) < 4.78 is 15.9. The molecule has 4 heteroatoms. The molecule has 0 aliphatic heterocycles. The van der Waals surface area contributed by atoms with E-state index in [0.717, 1.165) is 23.3 Å². The summed E-state index contributed by atoms with van der Waals surface area (Å²) in [6.07, 6.45) is 2.84. The Hall–Kier alpha value is -1.42. The highest BCUT2D eigenvalue weighted by Crippen LogP contribution is 2.17. The van der Waals surface area contributed by atoms with Gasteiger partial charge < -0.3 is 9.55 Å². The molecule has 102 valence electrons. The van der Waals surface area contributed by atoms with Gasteiger partial charge in [-0.2, -0.15) is 0 Å². The number of aromatic nitrogens is 2. The number of halogens is 1. The highest BCUT2D eigenvalue weighted by atomic mass is 32.1. The Labute approximate surface area is 118 Å². The normalized spacial score (nSPS) is 11.2. The second-order valence-electron chi connectivity index (χ2n) is 5.15. The molecule has 0 saturated carbocycles. The van der Waals surface area contributed by atoms with Gasteiger partial charge in [0.2, 0.25) is 0 Å². The number of benzene rings is 1. The van der Waals surface area contributed by atoms with Crippen molar-refractivity contribution in [3.63, 3.8) is 0 Å². The Morgan fingerprint density at radius 1 is 1.37 bits per heavy atom. The molecule has 0 saturated heterocycles. The van der Waals surface area contributed by atoms with Crippen LogP contribution in [0.3, 0.4) is 0 Å². The standard InChI is InChI=1S/C15H19FN2S/c1-10(2)14-9-17-15(19)18(14)7-6-12-4-5-13(16)8-11(12)3/h4-5,8-10H,6-7H2,1-3H3,(H,17,19). The zero-order chi connectivity index (χ0) is 14.0. The van der Waals surface area contributed by atoms with E-state index in [1.165, 1.54) is 17.3 Å². The van der Waals surface area contributed by atoms with Gasteiger partial charge in [0.1, 0.15) is 5.82 Å². The van der Waals surface area contributed by atoms with Gasteiger partial charge in [-0.3, -0.25) is 0 Å². The molecule has 0 spiro atoms. The fourth-order valence-corrected chi connectivity index (χ4v) is 2.55. The molecule has 1 aromatic heterocycles. The van der Waals surface area contributed by atoms with Gasteiger partial charge in [0, 0.05) is 18.4 Å². The third-order valence-corrected chi connectivity index (χ3v) is 3.74. The van der Waals surface area contributed by atoms with E-state index in [-0.39, 0.29) is 5.82 Å². The van der Waals surface area contributed by atoms with Crippen LogP contribution in [0.2, 0.25) is 0 Å². The highest BCUT2D eigenvalue weighted by Gasteiger charge is 2.08. The van der Waals surface area contributed by atoms with E-state index in [1.54, 1.807) is 6.07 Å². The Morgan fingerprint density at radius 2 is 2.11 bits per heavy atom. The van der Waals surface area contributed by atoms with Crippen molar-refractivity contribution in [3.8, 4) is 0 Å². The molecule has 0 bridgehead atoms. The lowest BCUT2D eigenvalue weighted by Crippen LogP contribution is -2.07. The van der Waals surface area contributed by atoms with Crippen LogP contribution in [-0.4, -0.2) is 9.55 Å². The minimum atomic E-state index is -0.178. The second kappa shape index (κ2) is 5.70. The van der Waals surface area contributed by atoms with E-state index in [4.69, 9.17) is 12.2 Å². The summed E-state index contributed by atoms with van der Waals surface area (Å²) >= 11 is 5.31. The zero-order valence-corrected chi connectivity index (χ0v) is 12.4. The molecule has 1 N–H and O–H groups in total.